The first-order valence-electron chi connectivity index (χ1n) is 10.1. The van der Waals surface area contributed by atoms with E-state index in [1.165, 1.54) is 22.0 Å². The van der Waals surface area contributed by atoms with Gasteiger partial charge in [0.15, 0.2) is 0 Å². The van der Waals surface area contributed by atoms with E-state index in [1.54, 1.807) is 12.1 Å². The first kappa shape index (κ1) is 23.3. The smallest absolute Gasteiger partial charge is 0.243 e. The van der Waals surface area contributed by atoms with E-state index in [1.807, 2.05) is 38.1 Å². The molecule has 1 N–H and O–H groups in total. The minimum absolute atomic E-state index is 0.149. The van der Waals surface area contributed by atoms with Gasteiger partial charge in [0.25, 0.3) is 0 Å². The van der Waals surface area contributed by atoms with Crippen molar-refractivity contribution in [2.45, 2.75) is 44.0 Å². The second-order valence-corrected chi connectivity index (χ2v) is 10.7. The number of nitrogens with zero attached hydrogens (tertiary/aromatic N) is 1. The van der Waals surface area contributed by atoms with Crippen molar-refractivity contribution in [1.29, 1.82) is 0 Å². The number of hydrogen-bond acceptors (Lipinski definition) is 3. The predicted octanol–water partition coefficient (Wildman–Crippen LogP) is 5.33. The second kappa shape index (κ2) is 9.84. The van der Waals surface area contributed by atoms with Crippen LogP contribution in [0.5, 0.6) is 0 Å². The third-order valence-corrected chi connectivity index (χ3v) is 8.02. The molecule has 3 rings (SSSR count). The van der Waals surface area contributed by atoms with Crippen molar-refractivity contribution < 1.29 is 13.5 Å². The van der Waals surface area contributed by atoms with Crippen LogP contribution in [0.25, 0.3) is 5.03 Å². The first-order chi connectivity index (χ1) is 14.2. The number of aryl methyl sites for hydroxylation is 1. The molecule has 1 aliphatic carbocycles. The molecule has 0 aliphatic heterocycles. The van der Waals surface area contributed by atoms with Gasteiger partial charge in [0, 0.05) is 22.6 Å². The maximum Gasteiger partial charge on any atom is 0.243 e. The van der Waals surface area contributed by atoms with Crippen molar-refractivity contribution >= 4 is 38.3 Å². The molecule has 0 bridgehead atoms. The quantitative estimate of drug-likeness (QED) is 0.570. The lowest BCUT2D eigenvalue weighted by Gasteiger charge is -2.33. The highest BCUT2D eigenvalue weighted by atomic mass is 35.5. The molecule has 30 heavy (non-hydrogen) atoms. The molecule has 1 atom stereocenters. The molecule has 0 fully saturated rings. The summed E-state index contributed by atoms with van der Waals surface area (Å²) in [7, 11) is -3.85. The molecular formula is C23H27Cl2NO3S. The van der Waals surface area contributed by atoms with E-state index in [2.05, 4.69) is 0 Å². The minimum Gasteiger partial charge on any atom is -0.395 e. The molecule has 162 valence electrons. The van der Waals surface area contributed by atoms with Crippen LogP contribution in [0, 0.1) is 5.92 Å². The fourth-order valence-electron chi connectivity index (χ4n) is 3.85. The highest BCUT2D eigenvalue weighted by molar-refractivity contribution is 7.89. The molecule has 2 aromatic rings. The van der Waals surface area contributed by atoms with Crippen molar-refractivity contribution in [3.8, 4) is 0 Å². The Morgan fingerprint density at radius 2 is 1.70 bits per heavy atom. The van der Waals surface area contributed by atoms with E-state index in [-0.39, 0.29) is 24.0 Å². The van der Waals surface area contributed by atoms with E-state index in [9.17, 15) is 13.5 Å². The van der Waals surface area contributed by atoms with Gasteiger partial charge in [-0.05, 0) is 66.1 Å². The van der Waals surface area contributed by atoms with Crippen molar-refractivity contribution in [1.82, 2.24) is 4.31 Å². The van der Waals surface area contributed by atoms with Gasteiger partial charge in [-0.25, -0.2) is 8.42 Å². The lowest BCUT2D eigenvalue weighted by atomic mass is 9.91. The SMILES string of the molecule is CC(C)C[C@H](CO)N(CC1=C(Cl)c2ccccc2CC1)S(=O)(=O)c1ccc(Cl)cc1. The van der Waals surface area contributed by atoms with Crippen molar-refractivity contribution in [2.24, 2.45) is 5.92 Å². The fraction of sp³-hybridized carbons (Fsp3) is 0.391. The Kier molecular flexibility index (Phi) is 7.64. The standard InChI is InChI=1S/C23H27Cl2NO3S/c1-16(2)13-20(15-27)26(30(28,29)21-11-9-19(24)10-12-21)14-18-8-7-17-5-3-4-6-22(17)23(18)25/h3-6,9-12,16,20,27H,7-8,13-15H2,1-2H3/t20-/m1/s1. The third kappa shape index (κ3) is 5.09. The summed E-state index contributed by atoms with van der Waals surface area (Å²) in [6, 6.07) is 13.5. The van der Waals surface area contributed by atoms with Crippen LogP contribution in [0.3, 0.4) is 0 Å². The summed E-state index contributed by atoms with van der Waals surface area (Å²) in [6.45, 7) is 3.92. The third-order valence-electron chi connectivity index (χ3n) is 5.39. The van der Waals surface area contributed by atoms with Gasteiger partial charge >= 0.3 is 0 Å². The number of fused-ring (bicyclic) bond motifs is 1. The van der Waals surface area contributed by atoms with Gasteiger partial charge in [-0.2, -0.15) is 4.31 Å². The van der Waals surface area contributed by atoms with Gasteiger partial charge in [-0.15, -0.1) is 0 Å². The summed E-state index contributed by atoms with van der Waals surface area (Å²) in [5, 5.41) is 11.2. The van der Waals surface area contributed by atoms with E-state index in [0.717, 1.165) is 17.6 Å². The van der Waals surface area contributed by atoms with Gasteiger partial charge < -0.3 is 5.11 Å². The number of aliphatic hydroxyl groups is 1. The van der Waals surface area contributed by atoms with Crippen LogP contribution in [-0.4, -0.2) is 37.0 Å². The van der Waals surface area contributed by atoms with Crippen LogP contribution in [0.4, 0.5) is 0 Å². The van der Waals surface area contributed by atoms with Crippen LogP contribution >= 0.6 is 23.2 Å². The molecule has 0 amide bonds. The number of hydrogen-bond donors (Lipinski definition) is 1. The molecular weight excluding hydrogens is 441 g/mol. The molecule has 0 saturated heterocycles. The lowest BCUT2D eigenvalue weighted by Crippen LogP contribution is -2.44. The summed E-state index contributed by atoms with van der Waals surface area (Å²) in [6.07, 6.45) is 2.04. The molecule has 0 heterocycles. The van der Waals surface area contributed by atoms with E-state index >= 15 is 0 Å². The highest BCUT2D eigenvalue weighted by Crippen LogP contribution is 2.36. The molecule has 1 aliphatic rings. The normalized spacial score (nSPS) is 15.6. The number of benzene rings is 2. The van der Waals surface area contributed by atoms with Crippen LogP contribution < -0.4 is 0 Å². The Morgan fingerprint density at radius 3 is 2.33 bits per heavy atom. The van der Waals surface area contributed by atoms with Crippen LogP contribution in [0.2, 0.25) is 5.02 Å². The Labute approximate surface area is 189 Å². The van der Waals surface area contributed by atoms with E-state index in [0.29, 0.717) is 22.9 Å². The average Bonchev–Trinajstić information content (AvgIpc) is 2.72. The Bertz CT molecular complexity index is 1020. The minimum atomic E-state index is -3.85. The van der Waals surface area contributed by atoms with Gasteiger partial charge in [0.2, 0.25) is 10.0 Å². The molecule has 4 nitrogen and oxygen atoms in total. The van der Waals surface area contributed by atoms with E-state index < -0.39 is 16.1 Å². The zero-order valence-electron chi connectivity index (χ0n) is 17.2. The molecule has 7 heteroatoms. The summed E-state index contributed by atoms with van der Waals surface area (Å²) in [5.74, 6) is 0.224. The fourth-order valence-corrected chi connectivity index (χ4v) is 5.94. The van der Waals surface area contributed by atoms with Crippen molar-refractivity contribution in [2.75, 3.05) is 13.2 Å². The largest absolute Gasteiger partial charge is 0.395 e. The van der Waals surface area contributed by atoms with Crippen LogP contribution in [-0.2, 0) is 16.4 Å². The van der Waals surface area contributed by atoms with Gasteiger partial charge in [-0.1, -0.05) is 61.3 Å². The van der Waals surface area contributed by atoms with Gasteiger partial charge in [-0.3, -0.25) is 0 Å². The summed E-state index contributed by atoms with van der Waals surface area (Å²) >= 11 is 12.7. The summed E-state index contributed by atoms with van der Waals surface area (Å²) in [5.41, 5.74) is 2.99. The maximum absolute atomic E-state index is 13.6. The lowest BCUT2D eigenvalue weighted by molar-refractivity contribution is 0.173. The monoisotopic (exact) mass is 467 g/mol. The van der Waals surface area contributed by atoms with Crippen LogP contribution in [0.1, 0.15) is 37.8 Å². The zero-order chi connectivity index (χ0) is 21.9. The number of aliphatic hydroxyl groups excluding tert-OH is 1. The molecule has 0 spiro atoms. The number of rotatable bonds is 8. The highest BCUT2D eigenvalue weighted by Gasteiger charge is 2.33. The zero-order valence-corrected chi connectivity index (χ0v) is 19.5. The molecule has 0 aromatic heterocycles. The van der Waals surface area contributed by atoms with Gasteiger partial charge in [0.1, 0.15) is 0 Å². The predicted molar refractivity (Wildman–Crippen MR) is 123 cm³/mol. The molecule has 0 radical (unpaired) electrons. The Morgan fingerprint density at radius 1 is 1.03 bits per heavy atom. The maximum atomic E-state index is 13.6. The van der Waals surface area contributed by atoms with Crippen molar-refractivity contribution in [3.63, 3.8) is 0 Å². The summed E-state index contributed by atoms with van der Waals surface area (Å²) < 4.78 is 28.5. The van der Waals surface area contributed by atoms with Crippen molar-refractivity contribution in [3.05, 3.63) is 70.3 Å². The molecule has 0 saturated carbocycles. The Balaban J connectivity index is 2.03. The average molecular weight is 468 g/mol. The Hall–Kier alpha value is -1.37. The number of halogens is 2. The molecule has 2 aromatic carbocycles. The number of sulfonamides is 1. The van der Waals surface area contributed by atoms with Gasteiger partial charge in [0.05, 0.1) is 11.5 Å². The molecule has 0 unspecified atom stereocenters. The second-order valence-electron chi connectivity index (χ2n) is 8.04. The van der Waals surface area contributed by atoms with E-state index in [4.69, 9.17) is 23.2 Å². The van der Waals surface area contributed by atoms with Crippen LogP contribution in [0.15, 0.2) is 59.0 Å². The summed E-state index contributed by atoms with van der Waals surface area (Å²) in [4.78, 5) is 0.155. The first-order valence-corrected chi connectivity index (χ1v) is 12.3. The topological polar surface area (TPSA) is 57.6 Å².